The molecule has 0 aliphatic rings. The maximum atomic E-state index is 12.3. The molecule has 1 heterocycles. The fourth-order valence-electron chi connectivity index (χ4n) is 1.76. The normalized spacial score (nSPS) is 11.0. The van der Waals surface area contributed by atoms with Crippen molar-refractivity contribution in [1.29, 1.82) is 0 Å². The summed E-state index contributed by atoms with van der Waals surface area (Å²) in [7, 11) is -4.00. The molecule has 0 fully saturated rings. The number of hydrogen-bond acceptors (Lipinski definition) is 5. The van der Waals surface area contributed by atoms with Gasteiger partial charge in [0.05, 0.1) is 0 Å². The van der Waals surface area contributed by atoms with Gasteiger partial charge in [-0.05, 0) is 36.4 Å². The number of aliphatic carboxylic acids is 1. The smallest absolute Gasteiger partial charge is 0.322 e. The summed E-state index contributed by atoms with van der Waals surface area (Å²) in [6, 6.07) is 7.90. The number of carbonyl (C=O) groups excluding carboxylic acids is 1. The number of carbonyl (C=O) groups is 2. The van der Waals surface area contributed by atoms with Crippen molar-refractivity contribution in [1.82, 2.24) is 10.3 Å². The second-order valence-corrected chi connectivity index (χ2v) is 7.08. The highest BCUT2D eigenvalue weighted by atomic mass is 35.5. The maximum Gasteiger partial charge on any atom is 0.322 e. The quantitative estimate of drug-likeness (QED) is 0.633. The van der Waals surface area contributed by atoms with Crippen LogP contribution >= 0.6 is 23.2 Å². The topological polar surface area (TPSA) is 125 Å². The van der Waals surface area contributed by atoms with Gasteiger partial charge in [0.15, 0.2) is 5.15 Å². The van der Waals surface area contributed by atoms with Gasteiger partial charge in [0.1, 0.15) is 16.6 Å². The molecule has 0 radical (unpaired) electrons. The lowest BCUT2D eigenvalue weighted by atomic mass is 10.2. The SMILES string of the molecule is O=C(O)CNC(=O)c1ccc(NS(=O)(=O)c2ccc(Cl)nc2Cl)cc1. The summed E-state index contributed by atoms with van der Waals surface area (Å²) in [5.74, 6) is -1.77. The summed E-state index contributed by atoms with van der Waals surface area (Å²) in [4.78, 5) is 25.5. The highest BCUT2D eigenvalue weighted by Crippen LogP contribution is 2.24. The second-order valence-electron chi connectivity index (χ2n) is 4.68. The van der Waals surface area contributed by atoms with Crippen molar-refractivity contribution in [3.8, 4) is 0 Å². The molecule has 0 bridgehead atoms. The van der Waals surface area contributed by atoms with Crippen molar-refractivity contribution < 1.29 is 23.1 Å². The van der Waals surface area contributed by atoms with Gasteiger partial charge in [-0.2, -0.15) is 0 Å². The van der Waals surface area contributed by atoms with Crippen molar-refractivity contribution in [3.63, 3.8) is 0 Å². The van der Waals surface area contributed by atoms with E-state index in [4.69, 9.17) is 28.3 Å². The number of halogens is 2. The lowest BCUT2D eigenvalue weighted by Gasteiger charge is -2.10. The van der Waals surface area contributed by atoms with Gasteiger partial charge >= 0.3 is 5.97 Å². The van der Waals surface area contributed by atoms with Crippen molar-refractivity contribution >= 4 is 50.8 Å². The van der Waals surface area contributed by atoms with Crippen LogP contribution in [0.15, 0.2) is 41.3 Å². The minimum Gasteiger partial charge on any atom is -0.480 e. The fourth-order valence-corrected chi connectivity index (χ4v) is 3.48. The van der Waals surface area contributed by atoms with E-state index in [0.29, 0.717) is 0 Å². The van der Waals surface area contributed by atoms with E-state index >= 15 is 0 Å². The Balaban J connectivity index is 2.15. The predicted molar refractivity (Wildman–Crippen MR) is 91.5 cm³/mol. The lowest BCUT2D eigenvalue weighted by molar-refractivity contribution is -0.135. The minimum absolute atomic E-state index is 0.0562. The molecule has 1 aromatic heterocycles. The minimum atomic E-state index is -4.00. The zero-order valence-corrected chi connectivity index (χ0v) is 14.7. The van der Waals surface area contributed by atoms with Crippen LogP contribution in [0.25, 0.3) is 0 Å². The molecule has 2 aromatic rings. The first-order chi connectivity index (χ1) is 11.7. The van der Waals surface area contributed by atoms with E-state index in [1.807, 2.05) is 0 Å². The van der Waals surface area contributed by atoms with Crippen molar-refractivity contribution in [2.45, 2.75) is 4.90 Å². The van der Waals surface area contributed by atoms with E-state index in [-0.39, 0.29) is 26.5 Å². The van der Waals surface area contributed by atoms with Crippen LogP contribution in [0.2, 0.25) is 10.3 Å². The van der Waals surface area contributed by atoms with Crippen LogP contribution in [-0.2, 0) is 14.8 Å². The van der Waals surface area contributed by atoms with E-state index < -0.39 is 28.4 Å². The maximum absolute atomic E-state index is 12.3. The number of carboxylic acids is 1. The molecule has 0 unspecified atom stereocenters. The highest BCUT2D eigenvalue weighted by molar-refractivity contribution is 7.92. The summed E-state index contributed by atoms with van der Waals surface area (Å²) in [6.07, 6.45) is 0. The molecule has 0 saturated carbocycles. The van der Waals surface area contributed by atoms with Crippen LogP contribution in [0.1, 0.15) is 10.4 Å². The number of rotatable bonds is 6. The fraction of sp³-hybridized carbons (Fsp3) is 0.0714. The van der Waals surface area contributed by atoms with Gasteiger partial charge in [-0.15, -0.1) is 0 Å². The average Bonchev–Trinajstić information content (AvgIpc) is 2.52. The average molecular weight is 404 g/mol. The zero-order chi connectivity index (χ0) is 18.6. The van der Waals surface area contributed by atoms with E-state index in [0.717, 1.165) is 0 Å². The molecule has 0 saturated heterocycles. The molecule has 132 valence electrons. The van der Waals surface area contributed by atoms with Gasteiger partial charge in [0.2, 0.25) is 0 Å². The molecule has 0 aliphatic carbocycles. The monoisotopic (exact) mass is 403 g/mol. The zero-order valence-electron chi connectivity index (χ0n) is 12.4. The van der Waals surface area contributed by atoms with E-state index in [1.54, 1.807) is 0 Å². The van der Waals surface area contributed by atoms with Gasteiger partial charge in [-0.3, -0.25) is 14.3 Å². The summed E-state index contributed by atoms with van der Waals surface area (Å²) < 4.78 is 26.9. The van der Waals surface area contributed by atoms with Gasteiger partial charge in [-0.1, -0.05) is 23.2 Å². The third kappa shape index (κ3) is 5.05. The predicted octanol–water partition coefficient (Wildman–Crippen LogP) is 2.00. The summed E-state index contributed by atoms with van der Waals surface area (Å²) in [5, 5.41) is 10.5. The number of hydrogen-bond donors (Lipinski definition) is 3. The molecular formula is C14H11Cl2N3O5S. The van der Waals surface area contributed by atoms with Gasteiger partial charge < -0.3 is 10.4 Å². The first-order valence-corrected chi connectivity index (χ1v) is 8.88. The molecule has 3 N–H and O–H groups in total. The molecule has 0 spiro atoms. The molecule has 1 aromatic carbocycles. The lowest BCUT2D eigenvalue weighted by Crippen LogP contribution is -2.29. The number of aromatic nitrogens is 1. The number of pyridine rings is 1. The molecule has 11 heteroatoms. The molecular weight excluding hydrogens is 393 g/mol. The van der Waals surface area contributed by atoms with Crippen molar-refractivity contribution in [2.24, 2.45) is 0 Å². The largest absolute Gasteiger partial charge is 0.480 e. The third-order valence-electron chi connectivity index (χ3n) is 2.87. The van der Waals surface area contributed by atoms with E-state index in [2.05, 4.69) is 15.0 Å². The van der Waals surface area contributed by atoms with Crippen molar-refractivity contribution in [3.05, 3.63) is 52.3 Å². The standard InChI is InChI=1S/C14H11Cl2N3O5S/c15-11-6-5-10(13(16)18-11)25(23,24)19-9-3-1-8(2-4-9)14(22)17-7-12(20)21/h1-6,19H,7H2,(H,17,22)(H,20,21). The summed E-state index contributed by atoms with van der Waals surface area (Å²) in [5.41, 5.74) is 0.358. The Hall–Kier alpha value is -2.36. The van der Waals surface area contributed by atoms with Crippen LogP contribution in [-0.4, -0.2) is 36.9 Å². The Labute approximate surface area is 152 Å². The van der Waals surface area contributed by atoms with Crippen LogP contribution in [0.5, 0.6) is 0 Å². The molecule has 25 heavy (non-hydrogen) atoms. The Morgan fingerprint density at radius 2 is 1.72 bits per heavy atom. The number of amides is 1. The third-order valence-corrected chi connectivity index (χ3v) is 4.89. The van der Waals surface area contributed by atoms with Crippen molar-refractivity contribution in [2.75, 3.05) is 11.3 Å². The summed E-state index contributed by atoms with van der Waals surface area (Å²) in [6.45, 7) is -0.519. The Morgan fingerprint density at radius 3 is 2.28 bits per heavy atom. The molecule has 0 aliphatic heterocycles. The molecule has 2 rings (SSSR count). The van der Waals surface area contributed by atoms with Crippen LogP contribution in [0, 0.1) is 0 Å². The van der Waals surface area contributed by atoms with E-state index in [9.17, 15) is 18.0 Å². The second kappa shape index (κ2) is 7.68. The first-order valence-electron chi connectivity index (χ1n) is 6.64. The molecule has 0 atom stereocenters. The Kier molecular flexibility index (Phi) is 5.83. The van der Waals surface area contributed by atoms with E-state index in [1.165, 1.54) is 36.4 Å². The van der Waals surface area contributed by atoms with Crippen LogP contribution < -0.4 is 10.0 Å². The van der Waals surface area contributed by atoms with Gasteiger partial charge in [0.25, 0.3) is 15.9 Å². The first kappa shape index (κ1) is 19.0. The Bertz CT molecular complexity index is 917. The number of nitrogens with one attached hydrogen (secondary N) is 2. The molecule has 1 amide bonds. The number of anilines is 1. The number of carboxylic acid groups (broad SMARTS) is 1. The Morgan fingerprint density at radius 1 is 1.08 bits per heavy atom. The van der Waals surface area contributed by atoms with Crippen LogP contribution in [0.3, 0.4) is 0 Å². The summed E-state index contributed by atoms with van der Waals surface area (Å²) >= 11 is 11.4. The highest BCUT2D eigenvalue weighted by Gasteiger charge is 2.19. The van der Waals surface area contributed by atoms with Gasteiger partial charge in [-0.25, -0.2) is 13.4 Å². The number of nitrogens with zero attached hydrogens (tertiary/aromatic N) is 1. The van der Waals surface area contributed by atoms with Crippen LogP contribution in [0.4, 0.5) is 5.69 Å². The van der Waals surface area contributed by atoms with Gasteiger partial charge in [0, 0.05) is 11.3 Å². The number of sulfonamides is 1. The number of benzene rings is 1. The molecule has 8 nitrogen and oxygen atoms in total.